The fourth-order valence-electron chi connectivity index (χ4n) is 13.7. The first-order valence-electron chi connectivity index (χ1n) is 39.7. The molecule has 0 bridgehead atoms. The van der Waals surface area contributed by atoms with Crippen LogP contribution in [0.4, 0.5) is 11.4 Å². The third-order valence-corrected chi connectivity index (χ3v) is 20.2. The van der Waals surface area contributed by atoms with Crippen LogP contribution in [0, 0.1) is 10.1 Å². The van der Waals surface area contributed by atoms with E-state index >= 15 is 0 Å². The van der Waals surface area contributed by atoms with Crippen LogP contribution in [0.2, 0.25) is 15.1 Å². The fourth-order valence-corrected chi connectivity index (χ4v) is 14.0. The van der Waals surface area contributed by atoms with E-state index in [1.54, 1.807) is 120 Å². The van der Waals surface area contributed by atoms with Crippen molar-refractivity contribution >= 4 is 162 Å². The normalized spacial score (nSPS) is 12.6. The van der Waals surface area contributed by atoms with Crippen LogP contribution in [0.25, 0.3) is 51.5 Å². The number of aliphatic hydroxyl groups excluding tert-OH is 2. The van der Waals surface area contributed by atoms with Gasteiger partial charge in [0.1, 0.15) is 53.6 Å². The number of hydrogen-bond donors (Lipinski definition) is 4. The number of imidazole rings is 6. The Balaban J connectivity index is 0.000000140. The number of halogens is 5. The van der Waals surface area contributed by atoms with Crippen molar-refractivity contribution in [1.29, 1.82) is 0 Å². The SMILES string of the molecule is COC(=O)c1cnc(-n2ccnc2)c(N)c1.COC(=O)c1cnc(Cl)c([N+](=O)[O-])c1.COC(=O)c1cnc2c(c1)CC(=O)c1cncn1-2.COC(=O)c1cnc2c(c1)CC(=O)c1nccn1-2.O=C1Cc2cc(CO)cnc2-n2ccnc21.O=C1Cc2cc(CO)cnc2-n2cncc21.O=c1[nH]c2cc(CN3CC=C(c4ccc(Cl)cc4)CC3)cnc2n2ccnc12.[2H]CI.[CH3][SnH]([Cl])[Cl]. The number of carbonyl (C=O) groups excluding carboxylic acids is 8. The average molecular weight is 2090 g/mol. The maximum absolute atomic E-state index is 12.2. The van der Waals surface area contributed by atoms with Crippen LogP contribution in [-0.4, -0.2) is 228 Å². The molecule has 46 heteroatoms. The molecule has 5 aliphatic heterocycles. The Morgan fingerprint density at radius 1 is 0.545 bits per heavy atom. The minimum absolute atomic E-state index is 0.0106. The van der Waals surface area contributed by atoms with Gasteiger partial charge in [-0.1, -0.05) is 64.0 Å². The van der Waals surface area contributed by atoms with Gasteiger partial charge in [-0.15, -0.1) is 0 Å². The molecule has 132 heavy (non-hydrogen) atoms. The van der Waals surface area contributed by atoms with E-state index in [0.717, 1.165) is 88.3 Å². The molecule has 0 spiro atoms. The van der Waals surface area contributed by atoms with Crippen molar-refractivity contribution in [1.82, 2.24) is 102 Å². The van der Waals surface area contributed by atoms with Crippen LogP contribution in [0.5, 0.6) is 0 Å². The number of nitrogens with two attached hydrogens (primary N) is 1. The molecular weight excluding hydrogens is 2010 g/mol. The number of nitro groups is 1. The topological polar surface area (TPSA) is 516 Å². The molecule has 0 saturated heterocycles. The zero-order valence-electron chi connectivity index (χ0n) is 71.2. The standard InChI is InChI=1S/C21H18ClN5O.2C12H9N3O3.2C11H9N3O2.C10H10N4O2.C7H5ClN2O4.CH3I.CH3.2ClH.Sn.H/c22-17-3-1-15(2-4-17)16-5-8-26(9-6-16)13-14-11-18-19(24-12-14)27-10-7-23-20(27)21(28)25-18;1-18-12(17)8-2-7-3-10(16)9-5-13-6-15(9)11(7)14-4-8;1-18-12(17)8-4-7-5-9(16)11-13-2-3-15(11)10(7)14-6-8;15-5-7-1-8-2-10(16)9-4-12-6-14(9)11(8)13-3-7;15-6-7-3-8-4-9(16)11-12-1-2-14(11)10(8)13-5-7;1-16-10(15)7-4-8(11)9(13-5-7)14-3-2-12-6-14;1-14-7(11)4-2-5(10(12)13)6(8)9-3-4;1-2;;;;;/h1-5,7,10-12H,6,8-9,13H2,(H,25,28);2,4-6H,3H2,1H3;2-4,6H,5H2,1H3;1,3-4,6,15H,2,5H2;1-3,5,15H,4,6H2;2-6H,11H2,1H3;2-3H,1H3;1H3;1H3;2*1H;;/q;;;;;;;;;;;+2;/p-2/i;;;;;;;1D;;;;;. The second kappa shape index (κ2) is 45.1. The molecule has 0 amide bonds. The van der Waals surface area contributed by atoms with Gasteiger partial charge < -0.3 is 39.9 Å². The number of carbonyl (C=O) groups is 8. The quantitative estimate of drug-likeness (QED) is 0.0137. The molecule has 5 N–H and O–H groups in total. The molecule has 1 aromatic carbocycles. The van der Waals surface area contributed by atoms with Crippen molar-refractivity contribution < 1.29 is 73.8 Å². The number of anilines is 1. The number of pyridine rings is 7. The van der Waals surface area contributed by atoms with Gasteiger partial charge in [0.15, 0.2) is 34.7 Å². The van der Waals surface area contributed by atoms with E-state index < -0.39 is 52.0 Å². The van der Waals surface area contributed by atoms with Gasteiger partial charge in [-0.25, -0.2) is 84.0 Å². The summed E-state index contributed by atoms with van der Waals surface area (Å²) in [6, 6.07) is 19.4. The number of hydrogen-bond acceptors (Lipinski definition) is 32. The molecule has 0 aliphatic carbocycles. The van der Waals surface area contributed by atoms with Crippen LogP contribution in [-0.2, 0) is 64.4 Å². The molecule has 14 aromatic heterocycles. The molecule has 0 unspecified atom stereocenters. The number of methoxy groups -OCH3 is 4. The number of H-pyrrole nitrogens is 1. The molecule has 19 heterocycles. The van der Waals surface area contributed by atoms with Gasteiger partial charge in [-0.05, 0) is 87.7 Å². The third kappa shape index (κ3) is 23.1. The summed E-state index contributed by atoms with van der Waals surface area (Å²) in [5.41, 5.74) is 17.6. The molecule has 20 rings (SSSR count). The number of nitrogens with zero attached hydrogens (tertiary/aromatic N) is 21. The molecule has 15 aromatic rings. The minimum atomic E-state index is -1.69. The van der Waals surface area contributed by atoms with Gasteiger partial charge in [0.25, 0.3) is 5.56 Å². The van der Waals surface area contributed by atoms with Crippen LogP contribution in [0.15, 0.2) is 202 Å². The van der Waals surface area contributed by atoms with Crippen molar-refractivity contribution in [3.05, 3.63) is 318 Å². The van der Waals surface area contributed by atoms with E-state index in [1.807, 2.05) is 64.1 Å². The summed E-state index contributed by atoms with van der Waals surface area (Å²) >= 11 is 11.7. The van der Waals surface area contributed by atoms with Gasteiger partial charge >= 0.3 is 69.9 Å². The van der Waals surface area contributed by atoms with E-state index in [4.69, 9.17) is 58.4 Å². The third-order valence-electron chi connectivity index (χ3n) is 19.7. The number of esters is 4. The number of aromatic amines is 1. The zero-order valence-corrected chi connectivity index (χ0v) is 78.7. The average Bonchev–Trinajstić information content (AvgIpc) is 1.73. The number of nitrogens with one attached hydrogen (secondary N) is 1. The maximum atomic E-state index is 12.2. The molecular formula is C86H76Cl4IN23O17Sn. The Kier molecular flexibility index (Phi) is 32.7. The number of alkyl halides is 1. The van der Waals surface area contributed by atoms with Crippen LogP contribution >= 0.6 is 63.6 Å². The van der Waals surface area contributed by atoms with E-state index in [-0.39, 0.29) is 65.5 Å². The molecule has 5 aliphatic rings. The second-order valence-corrected chi connectivity index (χ2v) is 42.3. The van der Waals surface area contributed by atoms with Crippen molar-refractivity contribution in [2.24, 2.45) is 0 Å². The van der Waals surface area contributed by atoms with Crippen LogP contribution in [0.1, 0.15) is 136 Å². The van der Waals surface area contributed by atoms with Gasteiger partial charge in [-0.2, -0.15) is 0 Å². The van der Waals surface area contributed by atoms with Gasteiger partial charge in [-0.3, -0.25) is 66.2 Å². The van der Waals surface area contributed by atoms with E-state index in [9.17, 15) is 53.3 Å². The first-order valence-corrected chi connectivity index (χ1v) is 52.9. The molecule has 40 nitrogen and oxygen atoms in total. The number of ether oxygens (including phenoxy) is 4. The Morgan fingerprint density at radius 3 is 1.47 bits per heavy atom. The first-order chi connectivity index (χ1) is 64.1. The molecule has 0 atom stereocenters. The van der Waals surface area contributed by atoms with E-state index in [0.29, 0.717) is 103 Å². The fraction of sp³-hybridized carbons (Fsp3) is 0.186. The Bertz CT molecular complexity index is 6750. The Hall–Kier alpha value is -13.9. The summed E-state index contributed by atoms with van der Waals surface area (Å²) < 4.78 is 34.4. The van der Waals surface area contributed by atoms with E-state index in [1.165, 1.54) is 76.8 Å². The van der Waals surface area contributed by atoms with Gasteiger partial charge in [0.05, 0.1) is 92.4 Å². The first kappa shape index (κ1) is 95.6. The summed E-state index contributed by atoms with van der Waals surface area (Å²) in [4.78, 5) is 175. The van der Waals surface area contributed by atoms with Crippen molar-refractivity contribution in [3.63, 3.8) is 0 Å². The van der Waals surface area contributed by atoms with Crippen molar-refractivity contribution in [2.45, 2.75) is 56.8 Å². The van der Waals surface area contributed by atoms with Crippen LogP contribution in [0.3, 0.4) is 0 Å². The number of ketones is 4. The number of nitrogen functional groups attached to an aromatic ring is 1. The molecule has 0 fully saturated rings. The van der Waals surface area contributed by atoms with E-state index in [2.05, 4.69) is 112 Å². The van der Waals surface area contributed by atoms with Gasteiger partial charge in [0.2, 0.25) is 22.4 Å². The predicted molar refractivity (Wildman–Crippen MR) is 492 cm³/mol. The summed E-state index contributed by atoms with van der Waals surface area (Å²) in [5.74, 6) is 1.86. The zero-order chi connectivity index (χ0) is 95.3. The number of benzene rings is 1. The Labute approximate surface area is 787 Å². The molecule has 676 valence electrons. The van der Waals surface area contributed by atoms with Gasteiger partial charge in [0, 0.05) is 173 Å². The molecule has 0 saturated carbocycles. The monoisotopic (exact) mass is 2090 g/mol. The second-order valence-electron chi connectivity index (χ2n) is 28.2. The summed E-state index contributed by atoms with van der Waals surface area (Å²) in [7, 11) is 15.6. The predicted octanol–water partition coefficient (Wildman–Crippen LogP) is 10.5. The van der Waals surface area contributed by atoms with Crippen molar-refractivity contribution in [2.75, 3.05) is 52.2 Å². The van der Waals surface area contributed by atoms with Crippen molar-refractivity contribution in [3.8, 4) is 29.1 Å². The summed E-state index contributed by atoms with van der Waals surface area (Å²) in [6.07, 6.45) is 35.8. The number of rotatable bonds is 11. The Morgan fingerprint density at radius 2 is 1.00 bits per heavy atom. The number of Topliss-reactive ketones (excluding diaryl/α,β-unsaturated/α-hetero) is 4. The van der Waals surface area contributed by atoms with Crippen LogP contribution < -0.4 is 11.3 Å². The summed E-state index contributed by atoms with van der Waals surface area (Å²) in [5, 5.41) is 28.9. The number of aromatic nitrogens is 20. The number of fused-ring (bicyclic) bond motifs is 15. The number of aliphatic hydroxyl groups is 2. The summed E-state index contributed by atoms with van der Waals surface area (Å²) in [6.45, 7) is 2.52. The molecule has 0 radical (unpaired) electrons.